The van der Waals surface area contributed by atoms with Crippen molar-refractivity contribution in [1.29, 1.82) is 0 Å². The van der Waals surface area contributed by atoms with Gasteiger partial charge in [-0.05, 0) is 37.2 Å². The zero-order valence-corrected chi connectivity index (χ0v) is 12.2. The number of rotatable bonds is 7. The smallest absolute Gasteiger partial charge is 0.268 e. The molecule has 3 rings (SSSR count). The monoisotopic (exact) mass is 283 g/mol. The third kappa shape index (κ3) is 4.18. The van der Waals surface area contributed by atoms with Gasteiger partial charge in [0.15, 0.2) is 0 Å². The first-order valence-corrected chi connectivity index (χ1v) is 7.66. The standard InChI is InChI=1S/C17H21N3O/c21-17-11-16(18-12-15-8-9-15)13-19-20(17)10-4-7-14-5-2-1-3-6-14/h1-3,5-6,11,13,15,18H,4,7-10,12H2. The van der Waals surface area contributed by atoms with Crippen LogP contribution in [0.2, 0.25) is 0 Å². The van der Waals surface area contributed by atoms with E-state index in [9.17, 15) is 4.79 Å². The van der Waals surface area contributed by atoms with Crippen molar-refractivity contribution >= 4 is 5.69 Å². The molecule has 4 nitrogen and oxygen atoms in total. The first kappa shape index (κ1) is 13.9. The Hall–Kier alpha value is -2.10. The Bertz CT molecular complexity index is 632. The normalized spacial score (nSPS) is 14.1. The highest BCUT2D eigenvalue weighted by Gasteiger charge is 2.20. The summed E-state index contributed by atoms with van der Waals surface area (Å²) >= 11 is 0. The first-order valence-electron chi connectivity index (χ1n) is 7.66. The van der Waals surface area contributed by atoms with Crippen molar-refractivity contribution < 1.29 is 0 Å². The molecule has 1 aliphatic carbocycles. The maximum absolute atomic E-state index is 12.0. The van der Waals surface area contributed by atoms with Crippen LogP contribution >= 0.6 is 0 Å². The minimum atomic E-state index is -0.0242. The number of anilines is 1. The Morgan fingerprint density at radius 3 is 2.76 bits per heavy atom. The van der Waals surface area contributed by atoms with E-state index in [2.05, 4.69) is 22.5 Å². The minimum absolute atomic E-state index is 0.0242. The quantitative estimate of drug-likeness (QED) is 0.850. The predicted octanol–water partition coefficient (Wildman–Crippen LogP) is 2.70. The van der Waals surface area contributed by atoms with Crippen molar-refractivity contribution in [2.45, 2.75) is 32.2 Å². The van der Waals surface area contributed by atoms with Gasteiger partial charge >= 0.3 is 0 Å². The fourth-order valence-electron chi connectivity index (χ4n) is 2.36. The van der Waals surface area contributed by atoms with Crippen molar-refractivity contribution in [1.82, 2.24) is 9.78 Å². The van der Waals surface area contributed by atoms with Crippen molar-refractivity contribution in [2.75, 3.05) is 11.9 Å². The van der Waals surface area contributed by atoms with Gasteiger partial charge in [-0.3, -0.25) is 4.79 Å². The lowest BCUT2D eigenvalue weighted by Crippen LogP contribution is -2.23. The Morgan fingerprint density at radius 1 is 1.24 bits per heavy atom. The Balaban J connectivity index is 1.51. The van der Waals surface area contributed by atoms with E-state index in [0.717, 1.165) is 31.0 Å². The highest BCUT2D eigenvalue weighted by molar-refractivity contribution is 5.38. The number of benzene rings is 1. The van der Waals surface area contributed by atoms with E-state index in [1.807, 2.05) is 18.2 Å². The average Bonchev–Trinajstić information content (AvgIpc) is 3.32. The molecular weight excluding hydrogens is 262 g/mol. The third-order valence-electron chi connectivity index (χ3n) is 3.84. The number of nitrogens with one attached hydrogen (secondary N) is 1. The van der Waals surface area contributed by atoms with Gasteiger partial charge in [-0.2, -0.15) is 5.10 Å². The van der Waals surface area contributed by atoms with Gasteiger partial charge < -0.3 is 5.32 Å². The highest BCUT2D eigenvalue weighted by atomic mass is 16.1. The number of hydrogen-bond donors (Lipinski definition) is 1. The molecule has 1 fully saturated rings. The molecule has 0 amide bonds. The number of aryl methyl sites for hydroxylation is 2. The average molecular weight is 283 g/mol. The molecule has 4 heteroatoms. The van der Waals surface area contributed by atoms with Crippen molar-refractivity contribution in [3.05, 3.63) is 58.5 Å². The van der Waals surface area contributed by atoms with Crippen LogP contribution in [0, 0.1) is 5.92 Å². The molecule has 0 spiro atoms. The van der Waals surface area contributed by atoms with E-state index in [-0.39, 0.29) is 5.56 Å². The van der Waals surface area contributed by atoms with Gasteiger partial charge in [-0.1, -0.05) is 30.3 Å². The van der Waals surface area contributed by atoms with Crippen LogP contribution in [0.4, 0.5) is 5.69 Å². The van der Waals surface area contributed by atoms with Crippen LogP contribution < -0.4 is 10.9 Å². The lowest BCUT2D eigenvalue weighted by molar-refractivity contribution is 0.549. The van der Waals surface area contributed by atoms with Gasteiger partial charge in [0, 0.05) is 19.2 Å². The summed E-state index contributed by atoms with van der Waals surface area (Å²) in [5.41, 5.74) is 2.11. The van der Waals surface area contributed by atoms with Crippen molar-refractivity contribution in [2.24, 2.45) is 5.92 Å². The minimum Gasteiger partial charge on any atom is -0.383 e. The second-order valence-electron chi connectivity index (χ2n) is 5.72. The largest absolute Gasteiger partial charge is 0.383 e. The van der Waals surface area contributed by atoms with Gasteiger partial charge in [0.2, 0.25) is 0 Å². The molecule has 1 aromatic heterocycles. The van der Waals surface area contributed by atoms with Crippen LogP contribution in [0.15, 0.2) is 47.4 Å². The number of nitrogens with zero attached hydrogens (tertiary/aromatic N) is 2. The maximum atomic E-state index is 12.0. The molecule has 1 N–H and O–H groups in total. The van der Waals surface area contributed by atoms with E-state index < -0.39 is 0 Å². The fourth-order valence-corrected chi connectivity index (χ4v) is 2.36. The molecule has 0 aliphatic heterocycles. The van der Waals surface area contributed by atoms with Gasteiger partial charge in [-0.25, -0.2) is 4.68 Å². The Morgan fingerprint density at radius 2 is 2.05 bits per heavy atom. The molecule has 1 heterocycles. The molecule has 0 radical (unpaired) electrons. The Kier molecular flexibility index (Phi) is 4.34. The van der Waals surface area contributed by atoms with Gasteiger partial charge in [-0.15, -0.1) is 0 Å². The van der Waals surface area contributed by atoms with Crippen LogP contribution in [0.1, 0.15) is 24.8 Å². The molecule has 21 heavy (non-hydrogen) atoms. The summed E-state index contributed by atoms with van der Waals surface area (Å²) in [4.78, 5) is 12.0. The van der Waals surface area contributed by atoms with E-state index >= 15 is 0 Å². The molecule has 1 aromatic carbocycles. The maximum Gasteiger partial charge on any atom is 0.268 e. The summed E-state index contributed by atoms with van der Waals surface area (Å²) in [6.07, 6.45) is 6.25. The summed E-state index contributed by atoms with van der Waals surface area (Å²) in [7, 11) is 0. The van der Waals surface area contributed by atoms with Crippen LogP contribution in [-0.2, 0) is 13.0 Å². The van der Waals surface area contributed by atoms with Gasteiger partial charge in [0.05, 0.1) is 11.9 Å². The van der Waals surface area contributed by atoms with Crippen LogP contribution in [0.5, 0.6) is 0 Å². The van der Waals surface area contributed by atoms with Gasteiger partial charge in [0.25, 0.3) is 5.56 Å². The third-order valence-corrected chi connectivity index (χ3v) is 3.84. The topological polar surface area (TPSA) is 46.9 Å². The summed E-state index contributed by atoms with van der Waals surface area (Å²) in [5, 5.41) is 7.53. The van der Waals surface area contributed by atoms with E-state index in [1.54, 1.807) is 16.9 Å². The highest BCUT2D eigenvalue weighted by Crippen LogP contribution is 2.28. The fraction of sp³-hybridized carbons (Fsp3) is 0.412. The lowest BCUT2D eigenvalue weighted by Gasteiger charge is -2.07. The van der Waals surface area contributed by atoms with Gasteiger partial charge in [0.1, 0.15) is 0 Å². The molecular formula is C17H21N3O. The molecule has 0 atom stereocenters. The SMILES string of the molecule is O=c1cc(NCC2CC2)cnn1CCCc1ccccc1. The second kappa shape index (κ2) is 6.57. The molecule has 0 unspecified atom stereocenters. The van der Waals surface area contributed by atoms with Crippen LogP contribution in [0.25, 0.3) is 0 Å². The molecule has 0 saturated heterocycles. The summed E-state index contributed by atoms with van der Waals surface area (Å²) in [6.45, 7) is 1.62. The molecule has 2 aromatic rings. The number of hydrogen-bond acceptors (Lipinski definition) is 3. The molecule has 0 bridgehead atoms. The molecule has 110 valence electrons. The molecule has 1 aliphatic rings. The zero-order chi connectivity index (χ0) is 14.5. The number of aromatic nitrogens is 2. The summed E-state index contributed by atoms with van der Waals surface area (Å²) in [5.74, 6) is 0.790. The zero-order valence-electron chi connectivity index (χ0n) is 12.2. The van der Waals surface area contributed by atoms with Crippen molar-refractivity contribution in [3.63, 3.8) is 0 Å². The summed E-state index contributed by atoms with van der Waals surface area (Å²) < 4.78 is 1.55. The first-order chi connectivity index (χ1) is 10.3. The Labute approximate surface area is 124 Å². The lowest BCUT2D eigenvalue weighted by atomic mass is 10.1. The van der Waals surface area contributed by atoms with E-state index in [0.29, 0.717) is 6.54 Å². The van der Waals surface area contributed by atoms with Crippen LogP contribution in [-0.4, -0.2) is 16.3 Å². The predicted molar refractivity (Wildman–Crippen MR) is 84.5 cm³/mol. The second-order valence-corrected chi connectivity index (χ2v) is 5.72. The van der Waals surface area contributed by atoms with Crippen molar-refractivity contribution in [3.8, 4) is 0 Å². The molecule has 1 saturated carbocycles. The van der Waals surface area contributed by atoms with Crippen LogP contribution in [0.3, 0.4) is 0 Å². The van der Waals surface area contributed by atoms with E-state index in [1.165, 1.54) is 18.4 Å². The van der Waals surface area contributed by atoms with E-state index in [4.69, 9.17) is 0 Å². The summed E-state index contributed by atoms with van der Waals surface area (Å²) in [6, 6.07) is 12.0.